The van der Waals surface area contributed by atoms with E-state index < -0.39 is 0 Å². The highest BCUT2D eigenvalue weighted by Crippen LogP contribution is 2.60. The van der Waals surface area contributed by atoms with Gasteiger partial charge < -0.3 is 13.9 Å². The van der Waals surface area contributed by atoms with Gasteiger partial charge in [-0.1, -0.05) is 6.07 Å². The van der Waals surface area contributed by atoms with Gasteiger partial charge in [0.1, 0.15) is 5.65 Å². The zero-order chi connectivity index (χ0) is 22.5. The number of nitrogens with zero attached hydrogens (tertiary/aromatic N) is 4. The summed E-state index contributed by atoms with van der Waals surface area (Å²) in [4.78, 5) is 7.76. The Morgan fingerprint density at radius 2 is 1.68 bits per heavy atom. The Morgan fingerprint density at radius 3 is 2.53 bits per heavy atom. The number of likely N-dealkylation sites (tertiary alicyclic amines) is 1. The van der Waals surface area contributed by atoms with E-state index in [9.17, 15) is 0 Å². The third-order valence-electron chi connectivity index (χ3n) is 9.10. The van der Waals surface area contributed by atoms with Gasteiger partial charge in [-0.3, -0.25) is 0 Å². The molecule has 5 heterocycles. The highest BCUT2D eigenvalue weighted by molar-refractivity contribution is 5.76. The molecule has 4 aromatic rings. The second-order valence-electron chi connectivity index (χ2n) is 11.2. The van der Waals surface area contributed by atoms with Crippen LogP contribution in [0.3, 0.4) is 0 Å². The monoisotopic (exact) mass is 452 g/mol. The molecule has 3 aliphatic rings. The highest BCUT2D eigenvalue weighted by atomic mass is 15.2. The fourth-order valence-electron chi connectivity index (χ4n) is 7.12. The minimum atomic E-state index is 0.790. The van der Waals surface area contributed by atoms with Gasteiger partial charge in [-0.2, -0.15) is 0 Å². The normalized spacial score (nSPS) is 27.3. The van der Waals surface area contributed by atoms with Crippen LogP contribution in [0.2, 0.25) is 0 Å². The van der Waals surface area contributed by atoms with Gasteiger partial charge in [0.15, 0.2) is 0 Å². The maximum Gasteiger partial charge on any atom is 0.140 e. The quantitative estimate of drug-likeness (QED) is 0.351. The lowest BCUT2D eigenvalue weighted by molar-refractivity contribution is 0.324. The zero-order valence-electron chi connectivity index (χ0n) is 20.1. The van der Waals surface area contributed by atoms with Gasteiger partial charge in [0.05, 0.1) is 0 Å². The van der Waals surface area contributed by atoms with Crippen LogP contribution in [-0.2, 0) is 13.0 Å². The first kappa shape index (κ1) is 20.8. The van der Waals surface area contributed by atoms with Crippen LogP contribution in [0.25, 0.3) is 16.6 Å². The number of hydrogen-bond donors (Lipinski definition) is 0. The molecule has 0 aromatic carbocycles. The topological polar surface area (TPSA) is 25.5 Å². The molecule has 176 valence electrons. The van der Waals surface area contributed by atoms with E-state index in [0.29, 0.717) is 0 Å². The summed E-state index contributed by atoms with van der Waals surface area (Å²) in [6, 6.07) is 15.8. The molecule has 0 bridgehead atoms. The Morgan fingerprint density at radius 1 is 0.824 bits per heavy atom. The molecule has 7 rings (SSSR count). The van der Waals surface area contributed by atoms with Gasteiger partial charge in [-0.05, 0) is 124 Å². The molecule has 1 aliphatic heterocycles. The van der Waals surface area contributed by atoms with E-state index in [4.69, 9.17) is 4.98 Å². The van der Waals surface area contributed by atoms with E-state index in [1.807, 2.05) is 0 Å². The molecule has 2 atom stereocenters. The Bertz CT molecular complexity index is 1280. The van der Waals surface area contributed by atoms with Crippen LogP contribution in [0, 0.1) is 17.8 Å². The predicted octanol–water partition coefficient (Wildman–Crippen LogP) is 6.15. The van der Waals surface area contributed by atoms with Crippen LogP contribution in [-0.4, -0.2) is 38.5 Å². The number of pyridine rings is 2. The van der Waals surface area contributed by atoms with Crippen LogP contribution < -0.4 is 0 Å². The van der Waals surface area contributed by atoms with E-state index in [-0.39, 0.29) is 0 Å². The molecular weight excluding hydrogens is 416 g/mol. The van der Waals surface area contributed by atoms with Crippen LogP contribution in [0.4, 0.5) is 0 Å². The molecule has 2 saturated carbocycles. The molecule has 0 N–H and O–H groups in total. The summed E-state index contributed by atoms with van der Waals surface area (Å²) in [5, 5.41) is 1.29. The fraction of sp³-hybridized carbons (Fsp3) is 0.500. The van der Waals surface area contributed by atoms with Crippen LogP contribution in [0.5, 0.6) is 0 Å². The van der Waals surface area contributed by atoms with Crippen molar-refractivity contribution in [1.29, 1.82) is 0 Å². The first-order chi connectivity index (χ1) is 16.8. The van der Waals surface area contributed by atoms with Crippen molar-refractivity contribution in [3.05, 3.63) is 72.3 Å². The molecule has 4 heteroatoms. The molecule has 0 spiro atoms. The van der Waals surface area contributed by atoms with Crippen LogP contribution in [0.15, 0.2) is 61.1 Å². The Hall–Kier alpha value is -2.59. The molecule has 2 aliphatic carbocycles. The van der Waals surface area contributed by atoms with Gasteiger partial charge in [0, 0.05) is 48.3 Å². The molecular formula is C30H36N4. The van der Waals surface area contributed by atoms with Crippen molar-refractivity contribution in [2.24, 2.45) is 17.8 Å². The van der Waals surface area contributed by atoms with E-state index in [2.05, 4.69) is 74.9 Å². The first-order valence-corrected chi connectivity index (χ1v) is 13.6. The van der Waals surface area contributed by atoms with Crippen molar-refractivity contribution in [1.82, 2.24) is 18.9 Å². The first-order valence-electron chi connectivity index (χ1n) is 13.6. The van der Waals surface area contributed by atoms with Crippen molar-refractivity contribution in [3.63, 3.8) is 0 Å². The minimum Gasteiger partial charge on any atom is -0.331 e. The molecule has 1 saturated heterocycles. The van der Waals surface area contributed by atoms with E-state index in [1.165, 1.54) is 73.9 Å². The van der Waals surface area contributed by atoms with Crippen molar-refractivity contribution < 1.29 is 0 Å². The third-order valence-corrected chi connectivity index (χ3v) is 9.10. The maximum absolute atomic E-state index is 5.16. The average molecular weight is 453 g/mol. The number of aromatic nitrogens is 3. The van der Waals surface area contributed by atoms with Crippen LogP contribution in [0.1, 0.15) is 55.7 Å². The summed E-state index contributed by atoms with van der Waals surface area (Å²) >= 11 is 0. The lowest BCUT2D eigenvalue weighted by Crippen LogP contribution is -2.23. The van der Waals surface area contributed by atoms with Crippen molar-refractivity contribution in [2.75, 3.05) is 19.6 Å². The second kappa shape index (κ2) is 8.57. The summed E-state index contributed by atoms with van der Waals surface area (Å²) in [5.41, 5.74) is 5.34. The fourth-order valence-corrected chi connectivity index (χ4v) is 7.12. The Labute approximate surface area is 202 Å². The predicted molar refractivity (Wildman–Crippen MR) is 138 cm³/mol. The second-order valence-corrected chi connectivity index (χ2v) is 11.2. The van der Waals surface area contributed by atoms with Gasteiger partial charge in [0.25, 0.3) is 0 Å². The molecule has 3 fully saturated rings. The molecule has 4 nitrogen and oxygen atoms in total. The van der Waals surface area contributed by atoms with Gasteiger partial charge in [-0.25, -0.2) is 4.98 Å². The van der Waals surface area contributed by atoms with Gasteiger partial charge in [0.2, 0.25) is 0 Å². The Balaban J connectivity index is 0.993. The van der Waals surface area contributed by atoms with E-state index >= 15 is 0 Å². The average Bonchev–Trinajstić information content (AvgIpc) is 3.25. The number of rotatable bonds is 6. The molecule has 0 radical (unpaired) electrons. The lowest BCUT2D eigenvalue weighted by Gasteiger charge is -2.17. The number of hydrogen-bond acceptors (Lipinski definition) is 2. The third kappa shape index (κ3) is 3.86. The summed E-state index contributed by atoms with van der Waals surface area (Å²) < 4.78 is 4.67. The van der Waals surface area contributed by atoms with Crippen molar-refractivity contribution in [3.8, 4) is 0 Å². The summed E-state index contributed by atoms with van der Waals surface area (Å²) in [6.07, 6.45) is 16.2. The molecule has 2 unspecified atom stereocenters. The SMILES string of the molecule is c1cc2ccc(C3C4CCC(Cc5ccc6ccn(CCN7CCCC7)c6n5)CCC43)cn2c1. The van der Waals surface area contributed by atoms with Crippen molar-refractivity contribution in [2.45, 2.75) is 57.4 Å². The van der Waals surface area contributed by atoms with Gasteiger partial charge >= 0.3 is 0 Å². The van der Waals surface area contributed by atoms with Gasteiger partial charge in [-0.15, -0.1) is 0 Å². The molecule has 34 heavy (non-hydrogen) atoms. The van der Waals surface area contributed by atoms with E-state index in [1.54, 1.807) is 5.56 Å². The summed E-state index contributed by atoms with van der Waals surface area (Å²) in [7, 11) is 0. The Kier molecular flexibility index (Phi) is 5.23. The number of fused-ring (bicyclic) bond motifs is 3. The molecule has 0 amide bonds. The highest BCUT2D eigenvalue weighted by Gasteiger charge is 2.51. The lowest BCUT2D eigenvalue weighted by atomic mass is 9.91. The largest absolute Gasteiger partial charge is 0.331 e. The minimum absolute atomic E-state index is 0.790. The van der Waals surface area contributed by atoms with E-state index in [0.717, 1.165) is 43.2 Å². The van der Waals surface area contributed by atoms with Crippen molar-refractivity contribution >= 4 is 16.6 Å². The van der Waals surface area contributed by atoms with Crippen LogP contribution >= 0.6 is 0 Å². The smallest absolute Gasteiger partial charge is 0.140 e. The summed E-state index contributed by atoms with van der Waals surface area (Å²) in [5.74, 6) is 3.38. The summed E-state index contributed by atoms with van der Waals surface area (Å²) in [6.45, 7) is 4.75. The molecule has 4 aromatic heterocycles. The maximum atomic E-state index is 5.16. The standard InChI is InChI=1S/C30H36N4/c1-2-15-32(14-1)18-19-33-17-13-23-7-9-25(31-30(23)33)20-22-5-11-27-28(12-6-22)29(27)24-8-10-26-4-3-16-34(26)21-24/h3-4,7-10,13,16-17,21-22,27-29H,1-2,5-6,11-12,14-15,18-20H2. The zero-order valence-corrected chi connectivity index (χ0v) is 20.1.